The lowest BCUT2D eigenvalue weighted by molar-refractivity contribution is 0.600. The molecule has 0 saturated heterocycles. The van der Waals surface area contributed by atoms with E-state index in [-0.39, 0.29) is 5.75 Å². The highest BCUT2D eigenvalue weighted by Crippen LogP contribution is 2.15. The molecule has 0 atom stereocenters. The van der Waals surface area contributed by atoms with Crippen molar-refractivity contribution in [2.45, 2.75) is 5.75 Å². The van der Waals surface area contributed by atoms with Gasteiger partial charge in [0.1, 0.15) is 5.82 Å². The van der Waals surface area contributed by atoms with E-state index in [4.69, 9.17) is 0 Å². The lowest BCUT2D eigenvalue weighted by Gasteiger charge is -2.07. The monoisotopic (exact) mass is 326 g/mol. The number of aromatic nitrogens is 1. The molecule has 1 aromatic carbocycles. The van der Waals surface area contributed by atoms with Gasteiger partial charge in [-0.3, -0.25) is 4.72 Å². The zero-order valence-corrected chi connectivity index (χ0v) is 11.8. The molecule has 18 heavy (non-hydrogen) atoms. The molecule has 0 aliphatic heterocycles. The van der Waals surface area contributed by atoms with Crippen molar-refractivity contribution in [1.82, 2.24) is 4.98 Å². The quantitative estimate of drug-likeness (QED) is 0.939. The maximum atomic E-state index is 11.9. The molecule has 2 rings (SSSR count). The number of halogens is 1. The van der Waals surface area contributed by atoms with Gasteiger partial charge in [-0.2, -0.15) is 0 Å². The molecule has 0 bridgehead atoms. The van der Waals surface area contributed by atoms with E-state index in [1.807, 2.05) is 18.2 Å². The first-order chi connectivity index (χ1) is 8.55. The summed E-state index contributed by atoms with van der Waals surface area (Å²) in [5.74, 6) is 0.238. The largest absolute Gasteiger partial charge is 0.267 e. The maximum Gasteiger partial charge on any atom is 0.238 e. The number of nitrogens with zero attached hydrogens (tertiary/aromatic N) is 1. The molecule has 0 aliphatic rings. The summed E-state index contributed by atoms with van der Waals surface area (Å²) < 4.78 is 27.0. The third kappa shape index (κ3) is 3.82. The fourth-order valence-corrected chi connectivity index (χ4v) is 2.92. The van der Waals surface area contributed by atoms with Gasteiger partial charge in [0.15, 0.2) is 0 Å². The summed E-state index contributed by atoms with van der Waals surface area (Å²) in [6, 6.07) is 12.3. The van der Waals surface area contributed by atoms with Crippen molar-refractivity contribution in [2.75, 3.05) is 4.72 Å². The van der Waals surface area contributed by atoms with Gasteiger partial charge >= 0.3 is 0 Å². The number of hydrogen-bond donors (Lipinski definition) is 1. The Balaban J connectivity index is 2.13. The number of sulfonamides is 1. The first kappa shape index (κ1) is 13.0. The van der Waals surface area contributed by atoms with Crippen LogP contribution in [0, 0.1) is 0 Å². The predicted octanol–water partition coefficient (Wildman–Crippen LogP) is 2.79. The second-order valence-corrected chi connectivity index (χ2v) is 6.34. The number of hydrogen-bond acceptors (Lipinski definition) is 3. The molecule has 0 unspecified atom stereocenters. The Labute approximate surface area is 114 Å². The minimum atomic E-state index is -3.44. The van der Waals surface area contributed by atoms with E-state index in [0.717, 1.165) is 10.0 Å². The number of pyridine rings is 1. The molecule has 94 valence electrons. The van der Waals surface area contributed by atoms with E-state index in [2.05, 4.69) is 25.6 Å². The highest BCUT2D eigenvalue weighted by Gasteiger charge is 2.12. The van der Waals surface area contributed by atoms with Gasteiger partial charge < -0.3 is 0 Å². The Hall–Kier alpha value is -1.40. The van der Waals surface area contributed by atoms with Crippen LogP contribution in [0.1, 0.15) is 5.56 Å². The highest BCUT2D eigenvalue weighted by molar-refractivity contribution is 9.10. The van der Waals surface area contributed by atoms with Crippen LogP contribution >= 0.6 is 15.9 Å². The lowest BCUT2D eigenvalue weighted by Crippen LogP contribution is -2.15. The number of rotatable bonds is 4. The molecule has 4 nitrogen and oxygen atoms in total. The summed E-state index contributed by atoms with van der Waals surface area (Å²) in [5.41, 5.74) is 0.736. The normalized spacial score (nSPS) is 11.2. The maximum absolute atomic E-state index is 11.9. The van der Waals surface area contributed by atoms with Gasteiger partial charge in [-0.15, -0.1) is 0 Å². The smallest absolute Gasteiger partial charge is 0.238 e. The molecule has 0 radical (unpaired) electrons. The van der Waals surface area contributed by atoms with E-state index in [1.54, 1.807) is 24.3 Å². The number of anilines is 1. The molecule has 1 N–H and O–H groups in total. The summed E-state index contributed by atoms with van der Waals surface area (Å²) >= 11 is 3.26. The zero-order chi connectivity index (χ0) is 13.0. The molecule has 6 heteroatoms. The van der Waals surface area contributed by atoms with E-state index in [9.17, 15) is 8.42 Å². The second kappa shape index (κ2) is 5.49. The molecular formula is C12H11BrN2O2S. The van der Waals surface area contributed by atoms with Crippen LogP contribution in [0.5, 0.6) is 0 Å². The Kier molecular flexibility index (Phi) is 3.98. The van der Waals surface area contributed by atoms with Crippen LogP contribution in [0.4, 0.5) is 5.82 Å². The molecular weight excluding hydrogens is 316 g/mol. The van der Waals surface area contributed by atoms with Gasteiger partial charge in [0.2, 0.25) is 10.0 Å². The van der Waals surface area contributed by atoms with Gasteiger partial charge in [-0.25, -0.2) is 13.4 Å². The zero-order valence-electron chi connectivity index (χ0n) is 9.38. The number of nitrogens with one attached hydrogen (secondary N) is 1. The van der Waals surface area contributed by atoms with Crippen molar-refractivity contribution < 1.29 is 8.42 Å². The summed E-state index contributed by atoms with van der Waals surface area (Å²) in [5, 5.41) is 0. The van der Waals surface area contributed by atoms with Crippen molar-refractivity contribution in [1.29, 1.82) is 0 Å². The van der Waals surface area contributed by atoms with Gasteiger partial charge in [-0.1, -0.05) is 46.3 Å². The van der Waals surface area contributed by atoms with Crippen molar-refractivity contribution in [3.8, 4) is 0 Å². The number of benzene rings is 1. The van der Waals surface area contributed by atoms with Crippen molar-refractivity contribution in [3.05, 3.63) is 58.7 Å². The molecule has 0 amide bonds. The highest BCUT2D eigenvalue weighted by atomic mass is 79.9. The summed E-state index contributed by atoms with van der Waals surface area (Å²) in [6.07, 6.45) is 1.53. The topological polar surface area (TPSA) is 59.1 Å². The van der Waals surface area contributed by atoms with Gasteiger partial charge in [-0.05, 0) is 17.7 Å². The van der Waals surface area contributed by atoms with E-state index < -0.39 is 10.0 Å². The van der Waals surface area contributed by atoms with Crippen LogP contribution in [0.15, 0.2) is 53.1 Å². The van der Waals surface area contributed by atoms with Gasteiger partial charge in [0, 0.05) is 10.7 Å². The minimum absolute atomic E-state index is 0.0674. The Morgan fingerprint density at radius 3 is 2.56 bits per heavy atom. The summed E-state index contributed by atoms with van der Waals surface area (Å²) in [7, 11) is -3.44. The van der Waals surface area contributed by atoms with Gasteiger partial charge in [0.25, 0.3) is 0 Å². The Morgan fingerprint density at radius 2 is 1.89 bits per heavy atom. The summed E-state index contributed by atoms with van der Waals surface area (Å²) in [6.45, 7) is 0. The minimum Gasteiger partial charge on any atom is -0.267 e. The first-order valence-corrected chi connectivity index (χ1v) is 7.66. The first-order valence-electron chi connectivity index (χ1n) is 5.21. The van der Waals surface area contributed by atoms with E-state index in [0.29, 0.717) is 5.82 Å². The van der Waals surface area contributed by atoms with Crippen LogP contribution in [-0.2, 0) is 15.8 Å². The molecule has 1 heterocycles. The van der Waals surface area contributed by atoms with Crippen LogP contribution in [-0.4, -0.2) is 13.4 Å². The fraction of sp³-hybridized carbons (Fsp3) is 0.0833. The van der Waals surface area contributed by atoms with Crippen molar-refractivity contribution in [3.63, 3.8) is 0 Å². The van der Waals surface area contributed by atoms with Crippen LogP contribution < -0.4 is 4.72 Å². The van der Waals surface area contributed by atoms with Crippen molar-refractivity contribution in [2.24, 2.45) is 0 Å². The third-order valence-corrected chi connectivity index (χ3v) is 3.91. The molecule has 0 fully saturated rings. The van der Waals surface area contributed by atoms with Gasteiger partial charge in [0.05, 0.1) is 5.75 Å². The fourth-order valence-electron chi connectivity index (χ4n) is 1.45. The molecule has 0 spiro atoms. The van der Waals surface area contributed by atoms with Crippen LogP contribution in [0.3, 0.4) is 0 Å². The van der Waals surface area contributed by atoms with Crippen LogP contribution in [0.2, 0.25) is 0 Å². The average molecular weight is 327 g/mol. The lowest BCUT2D eigenvalue weighted by atomic mass is 10.2. The summed E-state index contributed by atoms with van der Waals surface area (Å²) in [4.78, 5) is 3.95. The Morgan fingerprint density at radius 1 is 1.17 bits per heavy atom. The molecule has 1 aromatic heterocycles. The Bertz CT molecular complexity index is 630. The van der Waals surface area contributed by atoms with Crippen molar-refractivity contribution >= 4 is 31.8 Å². The average Bonchev–Trinajstić information content (AvgIpc) is 2.28. The van der Waals surface area contributed by atoms with Crippen LogP contribution in [0.25, 0.3) is 0 Å². The molecule has 0 saturated carbocycles. The SMILES string of the molecule is O=S(=O)(Cc1ccccc1)Nc1cc(Br)ccn1. The standard InChI is InChI=1S/C12H11BrN2O2S/c13-11-6-7-14-12(8-11)15-18(16,17)9-10-4-2-1-3-5-10/h1-8H,9H2,(H,14,15). The van der Waals surface area contributed by atoms with E-state index >= 15 is 0 Å². The predicted molar refractivity (Wildman–Crippen MR) is 74.6 cm³/mol. The van der Waals surface area contributed by atoms with E-state index in [1.165, 1.54) is 6.20 Å². The second-order valence-electron chi connectivity index (χ2n) is 3.71. The molecule has 2 aromatic rings. The molecule has 0 aliphatic carbocycles. The third-order valence-electron chi connectivity index (χ3n) is 2.18.